The fraction of sp³-hybridized carbons (Fsp3) is 0.471. The van der Waals surface area contributed by atoms with Crippen molar-refractivity contribution in [2.75, 3.05) is 38.6 Å². The summed E-state index contributed by atoms with van der Waals surface area (Å²) < 4.78 is 10.5. The Hall–Kier alpha value is -1.33. The molecule has 3 aliphatic heterocycles. The fourth-order valence-electron chi connectivity index (χ4n) is 3.31. The minimum absolute atomic E-state index is 0. The topological polar surface area (TPSA) is 168 Å². The van der Waals surface area contributed by atoms with Crippen LogP contribution in [0.2, 0.25) is 0 Å². The van der Waals surface area contributed by atoms with E-state index >= 15 is 0 Å². The zero-order valence-electron chi connectivity index (χ0n) is 17.6. The van der Waals surface area contributed by atoms with Crippen LogP contribution in [0.4, 0.5) is 5.13 Å². The van der Waals surface area contributed by atoms with E-state index in [1.54, 1.807) is 0 Å². The molecule has 0 spiro atoms. The molecule has 4 rings (SSSR count). The predicted molar refractivity (Wildman–Crippen MR) is 115 cm³/mol. The first-order chi connectivity index (χ1) is 15.4. The van der Waals surface area contributed by atoms with Crippen molar-refractivity contribution in [3.05, 3.63) is 21.7 Å². The number of carbonyl (C=O) groups excluding carboxylic acids is 3. The van der Waals surface area contributed by atoms with Gasteiger partial charge in [0.05, 0.1) is 30.1 Å². The second-order valence-corrected chi connectivity index (χ2v) is 10.1. The van der Waals surface area contributed by atoms with Gasteiger partial charge in [0.2, 0.25) is 0 Å². The molecular weight excluding hydrogens is 505 g/mol. The summed E-state index contributed by atoms with van der Waals surface area (Å²) >= 11 is 3.77. The van der Waals surface area contributed by atoms with Crippen LogP contribution >= 0.6 is 34.9 Å². The number of carbonyl (C=O) groups is 3. The van der Waals surface area contributed by atoms with Crippen LogP contribution in [0, 0.1) is 0 Å². The number of nitrogens with one attached hydrogen (secondary N) is 1. The molecule has 172 valence electrons. The molecule has 4 heterocycles. The third-order valence-electron chi connectivity index (χ3n) is 4.66. The number of rotatable bonds is 7. The van der Waals surface area contributed by atoms with Crippen molar-refractivity contribution in [2.45, 2.75) is 16.7 Å². The molecule has 1 unspecified atom stereocenters. The van der Waals surface area contributed by atoms with E-state index < -0.39 is 29.2 Å². The monoisotopic (exact) mass is 523 g/mol. The number of carboxylic acids is 1. The SMILES string of the molecule is CO/N=C(\C(=O)NC1C(=O)N2C(C(=O)[O-])=C(SC3COCOC3)CS[C@H]12)c1csc(N)n1.[Na+]. The average molecular weight is 524 g/mol. The molecule has 0 aromatic carbocycles. The maximum Gasteiger partial charge on any atom is 1.00 e. The van der Waals surface area contributed by atoms with Crippen LogP contribution in [-0.4, -0.2) is 82.9 Å². The molecule has 1 aromatic rings. The van der Waals surface area contributed by atoms with Gasteiger partial charge in [-0.3, -0.25) is 14.5 Å². The Morgan fingerprint density at radius 1 is 1.42 bits per heavy atom. The first kappa shape index (κ1) is 26.3. The number of oxime groups is 1. The number of anilines is 1. The first-order valence-electron chi connectivity index (χ1n) is 9.25. The van der Waals surface area contributed by atoms with Crippen molar-refractivity contribution < 1.29 is 63.4 Å². The molecule has 0 bridgehead atoms. The van der Waals surface area contributed by atoms with Crippen LogP contribution in [0.25, 0.3) is 0 Å². The molecule has 2 atom stereocenters. The van der Waals surface area contributed by atoms with Crippen LogP contribution in [0.1, 0.15) is 5.69 Å². The summed E-state index contributed by atoms with van der Waals surface area (Å²) in [5, 5.41) is 19.2. The van der Waals surface area contributed by atoms with Gasteiger partial charge in [-0.2, -0.15) is 0 Å². The summed E-state index contributed by atoms with van der Waals surface area (Å²) in [7, 11) is 1.27. The van der Waals surface area contributed by atoms with Crippen LogP contribution in [0.3, 0.4) is 0 Å². The third kappa shape index (κ3) is 5.51. The molecule has 2 amide bonds. The number of nitrogen functional groups attached to an aromatic ring is 1. The summed E-state index contributed by atoms with van der Waals surface area (Å²) in [4.78, 5) is 47.8. The number of carboxylic acid groups (broad SMARTS) is 1. The van der Waals surface area contributed by atoms with E-state index in [2.05, 4.69) is 15.5 Å². The summed E-state index contributed by atoms with van der Waals surface area (Å²) in [6, 6.07) is -0.937. The normalized spacial score (nSPS) is 23.4. The Bertz CT molecular complexity index is 997. The van der Waals surface area contributed by atoms with Gasteiger partial charge in [0, 0.05) is 16.0 Å². The summed E-state index contributed by atoms with van der Waals surface area (Å²) in [5.74, 6) is -2.36. The molecule has 0 saturated carbocycles. The largest absolute Gasteiger partial charge is 1.00 e. The van der Waals surface area contributed by atoms with Crippen LogP contribution < -0.4 is 45.7 Å². The number of β-lactam (4-membered cyclic amide) rings is 1. The average Bonchev–Trinajstić information content (AvgIpc) is 3.21. The Balaban J connectivity index is 0.00000306. The van der Waals surface area contributed by atoms with Gasteiger partial charge in [-0.25, -0.2) is 4.98 Å². The predicted octanol–water partition coefficient (Wildman–Crippen LogP) is -4.45. The molecule has 2 saturated heterocycles. The second-order valence-electron chi connectivity index (χ2n) is 6.71. The molecule has 16 heteroatoms. The van der Waals surface area contributed by atoms with Gasteiger partial charge >= 0.3 is 29.6 Å². The maximum absolute atomic E-state index is 12.8. The minimum atomic E-state index is -1.45. The van der Waals surface area contributed by atoms with Gasteiger partial charge < -0.3 is 35.3 Å². The second kappa shape index (κ2) is 11.4. The fourth-order valence-corrected chi connectivity index (χ4v) is 6.55. The van der Waals surface area contributed by atoms with Crippen molar-refractivity contribution in [3.63, 3.8) is 0 Å². The number of fused-ring (bicyclic) bond motifs is 1. The number of thioether (sulfide) groups is 2. The van der Waals surface area contributed by atoms with Crippen molar-refractivity contribution in [1.82, 2.24) is 15.2 Å². The number of hydrogen-bond acceptors (Lipinski definition) is 13. The van der Waals surface area contributed by atoms with Gasteiger partial charge in [-0.15, -0.1) is 34.9 Å². The number of nitrogens with zero attached hydrogens (tertiary/aromatic N) is 3. The molecule has 3 N–H and O–H groups in total. The van der Waals surface area contributed by atoms with Crippen molar-refractivity contribution >= 4 is 63.5 Å². The summed E-state index contributed by atoms with van der Waals surface area (Å²) in [6.45, 7) is 1.03. The van der Waals surface area contributed by atoms with Crippen molar-refractivity contribution in [2.24, 2.45) is 5.16 Å². The molecule has 12 nitrogen and oxygen atoms in total. The number of amides is 2. The number of aliphatic carboxylic acids is 1. The van der Waals surface area contributed by atoms with E-state index in [-0.39, 0.29) is 63.8 Å². The van der Waals surface area contributed by atoms with Crippen molar-refractivity contribution in [3.8, 4) is 0 Å². The molecule has 33 heavy (non-hydrogen) atoms. The van der Waals surface area contributed by atoms with Gasteiger partial charge in [0.1, 0.15) is 31.0 Å². The van der Waals surface area contributed by atoms with E-state index in [0.29, 0.717) is 23.9 Å². The quantitative estimate of drug-likeness (QED) is 0.153. The molecule has 1 aromatic heterocycles. The zero-order chi connectivity index (χ0) is 22.8. The van der Waals surface area contributed by atoms with E-state index in [1.807, 2.05) is 0 Å². The molecular formula is C17H18N5NaO7S3. The van der Waals surface area contributed by atoms with Gasteiger partial charge in [-0.05, 0) is 0 Å². The number of nitrogens with two attached hydrogens (primary N) is 1. The Labute approximate surface area is 222 Å². The molecule has 3 aliphatic rings. The first-order valence-corrected chi connectivity index (χ1v) is 12.1. The minimum Gasteiger partial charge on any atom is -0.543 e. The van der Waals surface area contributed by atoms with E-state index in [1.165, 1.54) is 36.0 Å². The summed E-state index contributed by atoms with van der Waals surface area (Å²) in [5.41, 5.74) is 5.50. The Morgan fingerprint density at radius 3 is 2.76 bits per heavy atom. The molecule has 2 fully saturated rings. The Kier molecular flexibility index (Phi) is 9.08. The van der Waals surface area contributed by atoms with Gasteiger partial charge in [0.25, 0.3) is 11.8 Å². The zero-order valence-corrected chi connectivity index (χ0v) is 22.1. The summed E-state index contributed by atoms with van der Waals surface area (Å²) in [6.07, 6.45) is 0. The number of thiazole rings is 1. The number of hydrogen-bond donors (Lipinski definition) is 2. The smallest absolute Gasteiger partial charge is 0.543 e. The number of aromatic nitrogens is 1. The number of ether oxygens (including phenoxy) is 2. The van der Waals surface area contributed by atoms with Crippen molar-refractivity contribution in [1.29, 1.82) is 0 Å². The van der Waals surface area contributed by atoms with Crippen LogP contribution in [-0.2, 0) is 28.7 Å². The van der Waals surface area contributed by atoms with E-state index in [0.717, 1.165) is 16.2 Å². The van der Waals surface area contributed by atoms with Crippen LogP contribution in [0.15, 0.2) is 21.1 Å². The van der Waals surface area contributed by atoms with E-state index in [9.17, 15) is 19.5 Å². The van der Waals surface area contributed by atoms with Gasteiger partial charge in [0.15, 0.2) is 10.8 Å². The molecule has 0 aliphatic carbocycles. The van der Waals surface area contributed by atoms with E-state index in [4.69, 9.17) is 20.0 Å². The maximum atomic E-state index is 12.8. The molecule has 0 radical (unpaired) electrons. The third-order valence-corrected chi connectivity index (χ3v) is 8.02. The van der Waals surface area contributed by atoms with Gasteiger partial charge in [-0.1, -0.05) is 5.16 Å². The van der Waals surface area contributed by atoms with Crippen LogP contribution in [0.5, 0.6) is 0 Å². The standard InChI is InChI=1S/C17H19N5O7S3.Na/c1-27-21-10(8-4-31-17(18)19-8)13(23)20-11-14(24)22-12(16(25)26)9(5-30-15(11)22)32-7-2-28-6-29-3-7;/h4,7,11,15H,2-3,5-6H2,1H3,(H2,18,19)(H,20,23)(H,25,26);/q;+1/p-1/b21-10-;/t11?,15-;/m1./s1. The Morgan fingerprint density at radius 2 is 2.15 bits per heavy atom.